The van der Waals surface area contributed by atoms with Crippen molar-refractivity contribution in [2.45, 2.75) is 44.3 Å². The molecule has 0 aromatic rings. The van der Waals surface area contributed by atoms with Crippen LogP contribution in [0.15, 0.2) is 5.16 Å². The first kappa shape index (κ1) is 16.7. The van der Waals surface area contributed by atoms with Gasteiger partial charge in [-0.1, -0.05) is 18.0 Å². The van der Waals surface area contributed by atoms with E-state index in [1.807, 2.05) is 0 Å². The maximum absolute atomic E-state index is 10.6. The minimum atomic E-state index is -5.08. The van der Waals surface area contributed by atoms with E-state index in [9.17, 15) is 13.2 Å². The van der Waals surface area contributed by atoms with Gasteiger partial charge < -0.3 is 15.3 Å². The van der Waals surface area contributed by atoms with Crippen LogP contribution in [-0.2, 0) is 9.63 Å². The summed E-state index contributed by atoms with van der Waals surface area (Å²) in [6.07, 6.45) is 1.31. The van der Waals surface area contributed by atoms with Crippen LogP contribution in [-0.4, -0.2) is 42.7 Å². The summed E-state index contributed by atoms with van der Waals surface area (Å²) in [7, 11) is 1.65. The molecule has 1 saturated heterocycles. The number of hydrogen-bond donors (Lipinski definition) is 2. The lowest BCUT2D eigenvalue weighted by Crippen LogP contribution is -2.48. The second kappa shape index (κ2) is 7.47. The summed E-state index contributed by atoms with van der Waals surface area (Å²) in [4.78, 5) is 13.8. The number of piperidine rings is 1. The zero-order chi connectivity index (χ0) is 15.2. The molecule has 0 radical (unpaired) electrons. The summed E-state index contributed by atoms with van der Waals surface area (Å²) in [5.74, 6) is -2.10. The zero-order valence-corrected chi connectivity index (χ0v) is 11.2. The van der Waals surface area contributed by atoms with Crippen LogP contribution in [0.5, 0.6) is 0 Å². The molecule has 1 saturated carbocycles. The van der Waals surface area contributed by atoms with E-state index in [1.54, 1.807) is 7.11 Å². The Morgan fingerprint density at radius 3 is 2.55 bits per heavy atom. The zero-order valence-electron chi connectivity index (χ0n) is 11.2. The van der Waals surface area contributed by atoms with Gasteiger partial charge in [0.25, 0.3) is 0 Å². The molecule has 0 amide bonds. The van der Waals surface area contributed by atoms with Crippen LogP contribution in [0.2, 0.25) is 0 Å². The third-order valence-corrected chi connectivity index (χ3v) is 3.43. The van der Waals surface area contributed by atoms with Gasteiger partial charge in [0.15, 0.2) is 0 Å². The second-order valence-electron chi connectivity index (χ2n) is 4.77. The molecule has 1 heterocycles. The van der Waals surface area contributed by atoms with E-state index in [1.165, 1.54) is 31.4 Å². The summed E-state index contributed by atoms with van der Waals surface area (Å²) in [5.41, 5.74) is 1.28. The van der Waals surface area contributed by atoms with E-state index in [4.69, 9.17) is 14.7 Å². The molecule has 20 heavy (non-hydrogen) atoms. The largest absolute Gasteiger partial charge is 0.490 e. The van der Waals surface area contributed by atoms with E-state index in [0.29, 0.717) is 12.0 Å². The number of carboxylic acid groups (broad SMARTS) is 1. The van der Waals surface area contributed by atoms with Crippen molar-refractivity contribution in [1.29, 1.82) is 0 Å². The lowest BCUT2D eigenvalue weighted by Gasteiger charge is -2.36. The van der Waals surface area contributed by atoms with Crippen molar-refractivity contribution in [3.8, 4) is 0 Å². The van der Waals surface area contributed by atoms with Gasteiger partial charge in [-0.3, -0.25) is 0 Å². The van der Waals surface area contributed by atoms with Gasteiger partial charge in [0.1, 0.15) is 7.11 Å². The van der Waals surface area contributed by atoms with E-state index in [-0.39, 0.29) is 0 Å². The molecule has 0 spiro atoms. The topological polar surface area (TPSA) is 70.9 Å². The summed E-state index contributed by atoms with van der Waals surface area (Å²) in [6.45, 7) is 1.07. The number of hydrogen-bond acceptors (Lipinski definition) is 4. The first-order chi connectivity index (χ1) is 9.36. The molecule has 5 nitrogen and oxygen atoms in total. The number of fused-ring (bicyclic) bond motifs is 1. The highest BCUT2D eigenvalue weighted by molar-refractivity contribution is 5.88. The Morgan fingerprint density at radius 2 is 2.00 bits per heavy atom. The Bertz CT molecular complexity index is 356. The summed E-state index contributed by atoms with van der Waals surface area (Å²) in [5, 5.41) is 14.8. The van der Waals surface area contributed by atoms with Gasteiger partial charge in [-0.15, -0.1) is 0 Å². The molecule has 1 aliphatic carbocycles. The molecule has 1 aliphatic heterocycles. The van der Waals surface area contributed by atoms with Crippen LogP contribution >= 0.6 is 0 Å². The van der Waals surface area contributed by atoms with Crippen molar-refractivity contribution in [2.75, 3.05) is 13.7 Å². The van der Waals surface area contributed by atoms with Crippen LogP contribution in [0, 0.1) is 5.92 Å². The third kappa shape index (κ3) is 4.99. The molecule has 2 atom stereocenters. The van der Waals surface area contributed by atoms with Gasteiger partial charge in [0.05, 0.1) is 5.71 Å². The molecule has 116 valence electrons. The number of nitrogens with one attached hydrogen (secondary N) is 1. The predicted molar refractivity (Wildman–Crippen MR) is 66.5 cm³/mol. The molecular formula is C12H19F3N2O3. The Balaban J connectivity index is 0.000000246. The number of carbonyl (C=O) groups is 1. The number of aliphatic carboxylic acids is 1. The summed E-state index contributed by atoms with van der Waals surface area (Å²) >= 11 is 0. The molecule has 0 aromatic carbocycles. The van der Waals surface area contributed by atoms with Crippen LogP contribution in [0.4, 0.5) is 13.2 Å². The highest BCUT2D eigenvalue weighted by atomic mass is 19.4. The van der Waals surface area contributed by atoms with E-state index in [0.717, 1.165) is 13.0 Å². The molecule has 2 aliphatic rings. The van der Waals surface area contributed by atoms with E-state index in [2.05, 4.69) is 10.5 Å². The Kier molecular flexibility index (Phi) is 6.25. The fraction of sp³-hybridized carbons (Fsp3) is 0.833. The number of carboxylic acids is 1. The monoisotopic (exact) mass is 296 g/mol. The fourth-order valence-corrected chi connectivity index (χ4v) is 2.58. The Morgan fingerprint density at radius 1 is 1.40 bits per heavy atom. The molecule has 0 bridgehead atoms. The number of rotatable bonds is 1. The highest BCUT2D eigenvalue weighted by Crippen LogP contribution is 2.29. The van der Waals surface area contributed by atoms with Crippen molar-refractivity contribution < 1.29 is 27.9 Å². The van der Waals surface area contributed by atoms with Gasteiger partial charge in [-0.25, -0.2) is 4.79 Å². The van der Waals surface area contributed by atoms with Crippen LogP contribution in [0.1, 0.15) is 32.1 Å². The van der Waals surface area contributed by atoms with E-state index >= 15 is 0 Å². The molecule has 2 fully saturated rings. The molecule has 8 heteroatoms. The molecule has 2 N–H and O–H groups in total. The fourth-order valence-electron chi connectivity index (χ4n) is 2.58. The molecule has 2 rings (SSSR count). The molecular weight excluding hydrogens is 277 g/mol. The molecule has 2 unspecified atom stereocenters. The van der Waals surface area contributed by atoms with Gasteiger partial charge in [0.2, 0.25) is 0 Å². The van der Waals surface area contributed by atoms with Crippen LogP contribution in [0.3, 0.4) is 0 Å². The first-order valence-corrected chi connectivity index (χ1v) is 6.49. The Labute approximate surface area is 115 Å². The van der Waals surface area contributed by atoms with Gasteiger partial charge >= 0.3 is 12.1 Å². The highest BCUT2D eigenvalue weighted by Gasteiger charge is 2.38. The lowest BCUT2D eigenvalue weighted by molar-refractivity contribution is -0.192. The van der Waals surface area contributed by atoms with Crippen molar-refractivity contribution >= 4 is 11.7 Å². The van der Waals surface area contributed by atoms with Crippen molar-refractivity contribution in [2.24, 2.45) is 11.1 Å². The lowest BCUT2D eigenvalue weighted by atomic mass is 9.78. The average molecular weight is 296 g/mol. The summed E-state index contributed by atoms with van der Waals surface area (Å²) in [6, 6.07) is 0.677. The minimum Gasteiger partial charge on any atom is -0.475 e. The average Bonchev–Trinajstić information content (AvgIpc) is 2.39. The number of alkyl halides is 3. The minimum absolute atomic E-state index is 0.655. The number of halogens is 3. The van der Waals surface area contributed by atoms with Crippen molar-refractivity contribution in [3.63, 3.8) is 0 Å². The Hall–Kier alpha value is -1.31. The van der Waals surface area contributed by atoms with Crippen molar-refractivity contribution in [3.05, 3.63) is 0 Å². The van der Waals surface area contributed by atoms with Crippen LogP contribution in [0.25, 0.3) is 0 Å². The SMILES string of the molecule is CON=C1CCNC2CCCCC12.O=C(O)C(F)(F)F. The second-order valence-corrected chi connectivity index (χ2v) is 4.77. The maximum atomic E-state index is 10.6. The standard InChI is InChI=1S/C10H18N2O.C2HF3O2/c1-13-12-10-6-7-11-9-5-3-2-4-8(9)10;3-2(4,5)1(6)7/h8-9,11H,2-7H2,1H3;(H,6,7). The molecule has 0 aromatic heterocycles. The van der Waals surface area contributed by atoms with Gasteiger partial charge in [-0.05, 0) is 12.8 Å². The van der Waals surface area contributed by atoms with Gasteiger partial charge in [0, 0.05) is 24.9 Å². The quantitative estimate of drug-likeness (QED) is 0.728. The number of nitrogens with zero attached hydrogens (tertiary/aromatic N) is 1. The normalized spacial score (nSPS) is 28.1. The first-order valence-electron chi connectivity index (χ1n) is 6.49. The van der Waals surface area contributed by atoms with Crippen molar-refractivity contribution in [1.82, 2.24) is 5.32 Å². The smallest absolute Gasteiger partial charge is 0.475 e. The third-order valence-electron chi connectivity index (χ3n) is 3.43. The van der Waals surface area contributed by atoms with E-state index < -0.39 is 12.1 Å². The maximum Gasteiger partial charge on any atom is 0.490 e. The number of oxime groups is 1. The predicted octanol–water partition coefficient (Wildman–Crippen LogP) is 2.17. The van der Waals surface area contributed by atoms with Gasteiger partial charge in [-0.2, -0.15) is 13.2 Å². The summed E-state index contributed by atoms with van der Waals surface area (Å²) < 4.78 is 31.7. The van der Waals surface area contributed by atoms with Crippen LogP contribution < -0.4 is 5.32 Å².